The van der Waals surface area contributed by atoms with Crippen LogP contribution in [-0.4, -0.2) is 34.1 Å². The summed E-state index contributed by atoms with van der Waals surface area (Å²) in [4.78, 5) is 14.2. The van der Waals surface area contributed by atoms with E-state index in [-0.39, 0.29) is 5.91 Å². The first kappa shape index (κ1) is 15.4. The van der Waals surface area contributed by atoms with Gasteiger partial charge in [-0.15, -0.1) is 10.2 Å². The normalized spacial score (nSPS) is 10.3. The molecule has 0 radical (unpaired) electrons. The molecule has 106 valence electrons. The summed E-state index contributed by atoms with van der Waals surface area (Å²) < 4.78 is 0. The smallest absolute Gasteiger partial charge is 0.274 e. The first-order valence-electron chi connectivity index (χ1n) is 6.82. The average molecular weight is 265 g/mol. The van der Waals surface area contributed by atoms with Crippen molar-refractivity contribution in [1.82, 2.24) is 15.1 Å². The Kier molecular flexibility index (Phi) is 6.81. The van der Waals surface area contributed by atoms with E-state index in [1.54, 1.807) is 12.1 Å². The van der Waals surface area contributed by atoms with Gasteiger partial charge in [-0.2, -0.15) is 0 Å². The Morgan fingerprint density at radius 1 is 1.21 bits per heavy atom. The number of anilines is 1. The fraction of sp³-hybridized carbons (Fsp3) is 0.615. The van der Waals surface area contributed by atoms with Crippen molar-refractivity contribution in [3.8, 4) is 0 Å². The Balaban J connectivity index is 2.72. The number of nitrogens with zero attached hydrogens (tertiary/aromatic N) is 3. The van der Waals surface area contributed by atoms with E-state index in [2.05, 4.69) is 29.5 Å². The van der Waals surface area contributed by atoms with Crippen LogP contribution in [-0.2, 0) is 0 Å². The number of nitrogen functional groups attached to an aromatic ring is 1. The van der Waals surface area contributed by atoms with Gasteiger partial charge in [0, 0.05) is 13.1 Å². The highest BCUT2D eigenvalue weighted by molar-refractivity contribution is 5.92. The van der Waals surface area contributed by atoms with Gasteiger partial charge in [0.2, 0.25) is 0 Å². The summed E-state index contributed by atoms with van der Waals surface area (Å²) >= 11 is 0. The van der Waals surface area contributed by atoms with E-state index in [9.17, 15) is 4.79 Å². The minimum Gasteiger partial charge on any atom is -0.337 e. The van der Waals surface area contributed by atoms with E-state index in [1.807, 2.05) is 4.90 Å². The van der Waals surface area contributed by atoms with Gasteiger partial charge >= 0.3 is 0 Å². The van der Waals surface area contributed by atoms with Gasteiger partial charge in [0.05, 0.1) is 0 Å². The zero-order chi connectivity index (χ0) is 14.1. The SMILES string of the molecule is CCCCN(CCCC)C(=O)c1ccc(NN)nn1. The molecule has 0 bridgehead atoms. The molecule has 0 spiro atoms. The summed E-state index contributed by atoms with van der Waals surface area (Å²) in [5, 5.41) is 7.73. The van der Waals surface area contributed by atoms with Crippen molar-refractivity contribution in [3.05, 3.63) is 17.8 Å². The van der Waals surface area contributed by atoms with Crippen LogP contribution in [0.15, 0.2) is 12.1 Å². The van der Waals surface area contributed by atoms with Crippen LogP contribution in [0.1, 0.15) is 50.0 Å². The van der Waals surface area contributed by atoms with Crippen molar-refractivity contribution in [2.45, 2.75) is 39.5 Å². The molecule has 1 amide bonds. The van der Waals surface area contributed by atoms with Crippen molar-refractivity contribution >= 4 is 11.7 Å². The first-order valence-corrected chi connectivity index (χ1v) is 6.82. The van der Waals surface area contributed by atoms with Gasteiger partial charge in [-0.25, -0.2) is 5.84 Å². The largest absolute Gasteiger partial charge is 0.337 e. The number of aromatic nitrogens is 2. The van der Waals surface area contributed by atoms with Crippen molar-refractivity contribution in [2.75, 3.05) is 18.5 Å². The van der Waals surface area contributed by atoms with Gasteiger partial charge in [0.1, 0.15) is 0 Å². The van der Waals surface area contributed by atoms with Gasteiger partial charge in [0.15, 0.2) is 11.5 Å². The van der Waals surface area contributed by atoms with E-state index < -0.39 is 0 Å². The van der Waals surface area contributed by atoms with Crippen LogP contribution >= 0.6 is 0 Å². The van der Waals surface area contributed by atoms with Crippen LogP contribution in [0.3, 0.4) is 0 Å². The lowest BCUT2D eigenvalue weighted by Crippen LogP contribution is -2.33. The van der Waals surface area contributed by atoms with Crippen molar-refractivity contribution in [1.29, 1.82) is 0 Å². The molecule has 1 aromatic heterocycles. The van der Waals surface area contributed by atoms with E-state index >= 15 is 0 Å². The molecule has 0 aromatic carbocycles. The quantitative estimate of drug-likeness (QED) is 0.553. The lowest BCUT2D eigenvalue weighted by molar-refractivity contribution is 0.0744. The Hall–Kier alpha value is -1.69. The van der Waals surface area contributed by atoms with E-state index in [1.165, 1.54) is 0 Å². The maximum absolute atomic E-state index is 12.3. The minimum atomic E-state index is -0.0574. The monoisotopic (exact) mass is 265 g/mol. The molecule has 0 aliphatic heterocycles. The average Bonchev–Trinajstić information content (AvgIpc) is 2.47. The molecule has 0 atom stereocenters. The van der Waals surface area contributed by atoms with Crippen molar-refractivity contribution < 1.29 is 4.79 Å². The third kappa shape index (κ3) is 4.82. The van der Waals surface area contributed by atoms with Crippen LogP contribution < -0.4 is 11.3 Å². The number of hydrogen-bond donors (Lipinski definition) is 2. The van der Waals surface area contributed by atoms with E-state index in [0.717, 1.165) is 38.8 Å². The highest BCUT2D eigenvalue weighted by atomic mass is 16.2. The van der Waals surface area contributed by atoms with Crippen LogP contribution in [0.2, 0.25) is 0 Å². The topological polar surface area (TPSA) is 84.1 Å². The molecule has 3 N–H and O–H groups in total. The van der Waals surface area contributed by atoms with Crippen LogP contribution in [0.5, 0.6) is 0 Å². The van der Waals surface area contributed by atoms with Gasteiger partial charge < -0.3 is 10.3 Å². The zero-order valence-electron chi connectivity index (χ0n) is 11.7. The predicted molar refractivity (Wildman–Crippen MR) is 75.6 cm³/mol. The second-order valence-electron chi connectivity index (χ2n) is 4.45. The Morgan fingerprint density at radius 2 is 1.84 bits per heavy atom. The number of nitrogens with one attached hydrogen (secondary N) is 1. The highest BCUT2D eigenvalue weighted by Gasteiger charge is 2.16. The lowest BCUT2D eigenvalue weighted by atomic mass is 10.2. The number of carbonyl (C=O) groups is 1. The minimum absolute atomic E-state index is 0.0574. The molecule has 6 heteroatoms. The van der Waals surface area contributed by atoms with Gasteiger partial charge in [-0.1, -0.05) is 26.7 Å². The number of hydrogen-bond acceptors (Lipinski definition) is 5. The van der Waals surface area contributed by atoms with Crippen LogP contribution in [0.25, 0.3) is 0 Å². The van der Waals surface area contributed by atoms with Gasteiger partial charge in [-0.3, -0.25) is 4.79 Å². The lowest BCUT2D eigenvalue weighted by Gasteiger charge is -2.21. The molecular weight excluding hydrogens is 242 g/mol. The third-order valence-electron chi connectivity index (χ3n) is 2.88. The summed E-state index contributed by atoms with van der Waals surface area (Å²) in [6, 6.07) is 3.30. The zero-order valence-corrected chi connectivity index (χ0v) is 11.7. The standard InChI is InChI=1S/C13H23N5O/c1-3-5-9-18(10-6-4-2)13(19)11-7-8-12(15-14)17-16-11/h7-8H,3-6,9-10,14H2,1-2H3,(H,15,17). The number of carbonyl (C=O) groups excluding carboxylic acids is 1. The molecule has 0 saturated carbocycles. The van der Waals surface area contributed by atoms with Gasteiger partial charge in [0.25, 0.3) is 5.91 Å². The number of rotatable bonds is 8. The second kappa shape index (κ2) is 8.42. The molecule has 1 heterocycles. The van der Waals surface area contributed by atoms with E-state index in [0.29, 0.717) is 11.5 Å². The summed E-state index contributed by atoms with van der Waals surface area (Å²) in [6.07, 6.45) is 4.14. The Morgan fingerprint density at radius 3 is 2.26 bits per heavy atom. The maximum Gasteiger partial charge on any atom is 0.274 e. The molecular formula is C13H23N5O. The number of unbranched alkanes of at least 4 members (excludes halogenated alkanes) is 2. The maximum atomic E-state index is 12.3. The van der Waals surface area contributed by atoms with E-state index in [4.69, 9.17) is 5.84 Å². The molecule has 0 saturated heterocycles. The van der Waals surface area contributed by atoms with Gasteiger partial charge in [-0.05, 0) is 25.0 Å². The van der Waals surface area contributed by atoms with Crippen LogP contribution in [0, 0.1) is 0 Å². The Bertz CT molecular complexity index is 371. The van der Waals surface area contributed by atoms with Crippen molar-refractivity contribution in [2.24, 2.45) is 5.84 Å². The van der Waals surface area contributed by atoms with Crippen LogP contribution in [0.4, 0.5) is 5.82 Å². The fourth-order valence-electron chi connectivity index (χ4n) is 1.70. The number of amides is 1. The molecule has 19 heavy (non-hydrogen) atoms. The third-order valence-corrected chi connectivity index (χ3v) is 2.88. The summed E-state index contributed by atoms with van der Waals surface area (Å²) in [5.41, 5.74) is 2.76. The Labute approximate surface area is 114 Å². The summed E-state index contributed by atoms with van der Waals surface area (Å²) in [7, 11) is 0. The highest BCUT2D eigenvalue weighted by Crippen LogP contribution is 2.07. The molecule has 1 aromatic rings. The molecule has 1 rings (SSSR count). The molecule has 0 unspecified atom stereocenters. The number of nitrogens with two attached hydrogens (primary N) is 1. The van der Waals surface area contributed by atoms with Crippen molar-refractivity contribution in [3.63, 3.8) is 0 Å². The predicted octanol–water partition coefficient (Wildman–Crippen LogP) is 1.80. The number of hydrazine groups is 1. The molecule has 0 aliphatic rings. The molecule has 0 aliphatic carbocycles. The molecule has 6 nitrogen and oxygen atoms in total. The molecule has 0 fully saturated rings. The first-order chi connectivity index (χ1) is 9.22. The summed E-state index contributed by atoms with van der Waals surface area (Å²) in [6.45, 7) is 5.77. The summed E-state index contributed by atoms with van der Waals surface area (Å²) in [5.74, 6) is 5.61. The fourth-order valence-corrected chi connectivity index (χ4v) is 1.70. The second-order valence-corrected chi connectivity index (χ2v) is 4.45.